The van der Waals surface area contributed by atoms with Crippen LogP contribution in [-0.2, 0) is 22.4 Å². The molecule has 2 atom stereocenters. The van der Waals surface area contributed by atoms with Crippen molar-refractivity contribution in [2.75, 3.05) is 11.5 Å². The lowest BCUT2D eigenvalue weighted by Crippen LogP contribution is -2.41. The smallest absolute Gasteiger partial charge is 0.326 e. The SMILES string of the molecule is C#CC(Cc1ccc(C(=O)N[C@@H](CCC(=O)O)C(=O)O)cc1)Cc1c[nH]c2nc(N)nc(N)c12. The fourth-order valence-electron chi connectivity index (χ4n) is 3.60. The van der Waals surface area contributed by atoms with E-state index >= 15 is 0 Å². The van der Waals surface area contributed by atoms with Crippen molar-refractivity contribution in [1.29, 1.82) is 0 Å². The maximum Gasteiger partial charge on any atom is 0.326 e. The standard InChI is InChI=1S/C23H24N6O5/c1-2-12(10-15-11-26-20-18(15)19(24)28-23(25)29-20)9-13-3-5-14(6-4-13)21(32)27-16(22(33)34)7-8-17(30)31/h1,3-6,11-12,16H,7-10H2,(H,27,32)(H,30,31)(H,33,34)(H5,24,25,26,28,29)/t12?,16-/m0/s1. The first kappa shape index (κ1) is 24.1. The normalized spacial score (nSPS) is 12.6. The largest absolute Gasteiger partial charge is 0.481 e. The Bertz CT molecular complexity index is 1260. The van der Waals surface area contributed by atoms with Crippen molar-refractivity contribution in [3.8, 4) is 12.3 Å². The van der Waals surface area contributed by atoms with Crippen molar-refractivity contribution in [2.45, 2.75) is 31.7 Å². The van der Waals surface area contributed by atoms with Crippen molar-refractivity contribution in [1.82, 2.24) is 20.3 Å². The summed E-state index contributed by atoms with van der Waals surface area (Å²) in [7, 11) is 0. The summed E-state index contributed by atoms with van der Waals surface area (Å²) < 4.78 is 0. The van der Waals surface area contributed by atoms with E-state index in [2.05, 4.69) is 26.2 Å². The number of nitrogens with one attached hydrogen (secondary N) is 2. The van der Waals surface area contributed by atoms with Crippen molar-refractivity contribution < 1.29 is 24.6 Å². The van der Waals surface area contributed by atoms with Gasteiger partial charge in [0.15, 0.2) is 0 Å². The van der Waals surface area contributed by atoms with E-state index < -0.39 is 23.9 Å². The van der Waals surface area contributed by atoms with Gasteiger partial charge >= 0.3 is 11.9 Å². The Labute approximate surface area is 194 Å². The number of carboxylic acid groups (broad SMARTS) is 2. The quantitative estimate of drug-likeness (QED) is 0.239. The fraction of sp³-hybridized carbons (Fsp3) is 0.261. The maximum absolute atomic E-state index is 12.4. The average molecular weight is 464 g/mol. The van der Waals surface area contributed by atoms with Gasteiger partial charge < -0.3 is 32.0 Å². The van der Waals surface area contributed by atoms with Crippen LogP contribution in [0.15, 0.2) is 30.5 Å². The summed E-state index contributed by atoms with van der Waals surface area (Å²) in [5.74, 6) is -0.101. The van der Waals surface area contributed by atoms with Crippen molar-refractivity contribution in [3.05, 3.63) is 47.2 Å². The lowest BCUT2D eigenvalue weighted by Gasteiger charge is -2.14. The number of H-pyrrole nitrogens is 1. The summed E-state index contributed by atoms with van der Waals surface area (Å²) in [5.41, 5.74) is 14.2. The molecular weight excluding hydrogens is 440 g/mol. The number of benzene rings is 1. The molecule has 3 rings (SSSR count). The van der Waals surface area contributed by atoms with E-state index in [4.69, 9.17) is 23.0 Å². The number of nitrogens with two attached hydrogens (primary N) is 2. The van der Waals surface area contributed by atoms with Gasteiger partial charge in [-0.05, 0) is 42.5 Å². The van der Waals surface area contributed by atoms with E-state index in [0.717, 1.165) is 11.1 Å². The Morgan fingerprint density at radius 1 is 1.12 bits per heavy atom. The number of fused-ring (bicyclic) bond motifs is 1. The van der Waals surface area contributed by atoms with Crippen LogP contribution in [0.25, 0.3) is 11.0 Å². The molecule has 0 spiro atoms. The zero-order valence-corrected chi connectivity index (χ0v) is 18.1. The number of aromatic amines is 1. The molecule has 1 amide bonds. The number of aliphatic carboxylic acids is 2. The molecular formula is C23H24N6O5. The Kier molecular flexibility index (Phi) is 7.33. The fourth-order valence-corrected chi connectivity index (χ4v) is 3.60. The van der Waals surface area contributed by atoms with Gasteiger partial charge in [-0.15, -0.1) is 12.3 Å². The van der Waals surface area contributed by atoms with Crippen LogP contribution in [0.2, 0.25) is 0 Å². The van der Waals surface area contributed by atoms with E-state index in [1.54, 1.807) is 30.5 Å². The van der Waals surface area contributed by atoms with Crippen LogP contribution in [0, 0.1) is 18.3 Å². The van der Waals surface area contributed by atoms with Gasteiger partial charge in [-0.25, -0.2) is 4.79 Å². The number of hydrogen-bond acceptors (Lipinski definition) is 7. The van der Waals surface area contributed by atoms with Crippen LogP contribution in [0.5, 0.6) is 0 Å². The number of anilines is 2. The molecule has 34 heavy (non-hydrogen) atoms. The predicted molar refractivity (Wildman–Crippen MR) is 125 cm³/mol. The summed E-state index contributed by atoms with van der Waals surface area (Å²) in [6.45, 7) is 0. The van der Waals surface area contributed by atoms with Crippen LogP contribution in [0.3, 0.4) is 0 Å². The third-order valence-electron chi connectivity index (χ3n) is 5.31. The Morgan fingerprint density at radius 3 is 2.44 bits per heavy atom. The second kappa shape index (κ2) is 10.4. The number of aromatic nitrogens is 3. The van der Waals surface area contributed by atoms with Gasteiger partial charge in [0, 0.05) is 24.1 Å². The highest BCUT2D eigenvalue weighted by atomic mass is 16.4. The first-order valence-electron chi connectivity index (χ1n) is 10.4. The van der Waals surface area contributed by atoms with Crippen molar-refractivity contribution in [2.24, 2.45) is 5.92 Å². The van der Waals surface area contributed by atoms with Gasteiger partial charge in [-0.1, -0.05) is 12.1 Å². The molecule has 0 fully saturated rings. The van der Waals surface area contributed by atoms with Crippen LogP contribution in [0.1, 0.15) is 34.3 Å². The molecule has 0 saturated carbocycles. The average Bonchev–Trinajstić information content (AvgIpc) is 3.18. The first-order valence-corrected chi connectivity index (χ1v) is 10.4. The highest BCUT2D eigenvalue weighted by Gasteiger charge is 2.22. The molecule has 0 saturated heterocycles. The predicted octanol–water partition coefficient (Wildman–Crippen LogP) is 1.20. The summed E-state index contributed by atoms with van der Waals surface area (Å²) in [6.07, 6.45) is 7.98. The zero-order valence-electron chi connectivity index (χ0n) is 18.1. The van der Waals surface area contributed by atoms with Gasteiger partial charge in [-0.3, -0.25) is 9.59 Å². The topological polar surface area (TPSA) is 197 Å². The van der Waals surface area contributed by atoms with Gasteiger partial charge in [0.2, 0.25) is 5.95 Å². The van der Waals surface area contributed by atoms with E-state index in [9.17, 15) is 19.5 Å². The second-order valence-electron chi connectivity index (χ2n) is 7.77. The van der Waals surface area contributed by atoms with Crippen LogP contribution < -0.4 is 16.8 Å². The molecule has 1 aromatic carbocycles. The first-order chi connectivity index (χ1) is 16.2. The Morgan fingerprint density at radius 2 is 1.82 bits per heavy atom. The molecule has 0 aliphatic carbocycles. The lowest BCUT2D eigenvalue weighted by molar-refractivity contribution is -0.140. The number of rotatable bonds is 10. The minimum atomic E-state index is -1.30. The summed E-state index contributed by atoms with van der Waals surface area (Å²) in [6, 6.07) is 5.31. The van der Waals surface area contributed by atoms with Crippen molar-refractivity contribution in [3.63, 3.8) is 0 Å². The third-order valence-corrected chi connectivity index (χ3v) is 5.31. The molecule has 8 N–H and O–H groups in total. The molecule has 0 radical (unpaired) electrons. The number of nitrogens with zero attached hydrogens (tertiary/aromatic N) is 2. The molecule has 0 aliphatic heterocycles. The lowest BCUT2D eigenvalue weighted by atomic mass is 9.93. The Hall–Kier alpha value is -4.59. The number of nitrogen functional groups attached to an aromatic ring is 2. The zero-order chi connectivity index (χ0) is 24.8. The molecule has 0 bridgehead atoms. The van der Waals surface area contributed by atoms with Gasteiger partial charge in [0.1, 0.15) is 17.5 Å². The maximum atomic E-state index is 12.4. The third kappa shape index (κ3) is 5.80. The van der Waals surface area contributed by atoms with Crippen LogP contribution >= 0.6 is 0 Å². The van der Waals surface area contributed by atoms with Gasteiger partial charge in [0.05, 0.1) is 5.39 Å². The molecule has 2 heterocycles. The van der Waals surface area contributed by atoms with Crippen LogP contribution in [-0.4, -0.2) is 49.1 Å². The molecule has 176 valence electrons. The molecule has 11 heteroatoms. The number of carbonyl (C=O) groups is 3. The van der Waals surface area contributed by atoms with E-state index in [-0.39, 0.29) is 36.1 Å². The van der Waals surface area contributed by atoms with E-state index in [0.29, 0.717) is 23.9 Å². The summed E-state index contributed by atoms with van der Waals surface area (Å²) in [5, 5.41) is 21.0. The van der Waals surface area contributed by atoms with Gasteiger partial charge in [0.25, 0.3) is 5.91 Å². The van der Waals surface area contributed by atoms with E-state index in [1.165, 1.54) is 0 Å². The number of carboxylic acids is 2. The molecule has 11 nitrogen and oxygen atoms in total. The Balaban J connectivity index is 1.66. The molecule has 2 aromatic heterocycles. The second-order valence-corrected chi connectivity index (χ2v) is 7.77. The molecule has 3 aromatic rings. The molecule has 0 aliphatic rings. The highest BCUT2D eigenvalue weighted by molar-refractivity contribution is 5.96. The van der Waals surface area contributed by atoms with Crippen LogP contribution in [0.4, 0.5) is 11.8 Å². The number of hydrogen-bond donors (Lipinski definition) is 6. The molecule has 1 unspecified atom stereocenters. The number of terminal acetylenes is 1. The minimum absolute atomic E-state index is 0.0765. The van der Waals surface area contributed by atoms with E-state index in [1.807, 2.05) is 0 Å². The van der Waals surface area contributed by atoms with Crippen molar-refractivity contribution >= 4 is 40.6 Å². The summed E-state index contributed by atoms with van der Waals surface area (Å²) in [4.78, 5) is 45.5. The minimum Gasteiger partial charge on any atom is -0.481 e. The number of amides is 1. The summed E-state index contributed by atoms with van der Waals surface area (Å²) >= 11 is 0. The van der Waals surface area contributed by atoms with Gasteiger partial charge in [-0.2, -0.15) is 9.97 Å². The monoisotopic (exact) mass is 464 g/mol. The number of carbonyl (C=O) groups excluding carboxylic acids is 1. The highest BCUT2D eigenvalue weighted by Crippen LogP contribution is 2.26.